The van der Waals surface area contributed by atoms with Gasteiger partial charge in [-0.2, -0.15) is 0 Å². The van der Waals surface area contributed by atoms with Crippen molar-refractivity contribution in [3.05, 3.63) is 53.7 Å². The third-order valence-corrected chi connectivity index (χ3v) is 3.70. The largest absolute Gasteiger partial charge is 0.324 e. The molecule has 0 bridgehead atoms. The molecular formula is C14H16N2S. The summed E-state index contributed by atoms with van der Waals surface area (Å²) in [5.41, 5.74) is 8.26. The summed E-state index contributed by atoms with van der Waals surface area (Å²) >= 11 is 1.68. The second-order valence-corrected chi connectivity index (χ2v) is 5.15. The van der Waals surface area contributed by atoms with Crippen LogP contribution in [0, 0.1) is 6.92 Å². The number of hydrogen-bond acceptors (Lipinski definition) is 3. The minimum absolute atomic E-state index is 0.0502. The van der Waals surface area contributed by atoms with E-state index < -0.39 is 0 Å². The average Bonchev–Trinajstić information content (AvgIpc) is 2.32. The lowest BCUT2D eigenvalue weighted by molar-refractivity contribution is 0.808. The van der Waals surface area contributed by atoms with Crippen molar-refractivity contribution in [2.75, 3.05) is 0 Å². The molecule has 2 nitrogen and oxygen atoms in total. The van der Waals surface area contributed by atoms with E-state index >= 15 is 0 Å². The fraction of sp³-hybridized carbons (Fsp3) is 0.214. The molecule has 0 saturated carbocycles. The minimum atomic E-state index is 0.0502. The first-order valence-corrected chi connectivity index (χ1v) is 6.43. The smallest absolute Gasteiger partial charge is 0.101 e. The monoisotopic (exact) mass is 244 g/mol. The number of hydrogen-bond donors (Lipinski definition) is 1. The molecule has 1 heterocycles. The molecule has 88 valence electrons. The van der Waals surface area contributed by atoms with Crippen molar-refractivity contribution in [2.45, 2.75) is 29.8 Å². The van der Waals surface area contributed by atoms with E-state index in [2.05, 4.69) is 30.1 Å². The van der Waals surface area contributed by atoms with E-state index in [-0.39, 0.29) is 6.04 Å². The number of nitrogens with zero attached hydrogens (tertiary/aromatic N) is 1. The predicted molar refractivity (Wildman–Crippen MR) is 72.1 cm³/mol. The molecule has 0 aliphatic carbocycles. The third kappa shape index (κ3) is 3.08. The van der Waals surface area contributed by atoms with E-state index in [1.165, 1.54) is 10.5 Å². The van der Waals surface area contributed by atoms with Gasteiger partial charge in [0.05, 0.1) is 0 Å². The molecule has 2 rings (SSSR count). The van der Waals surface area contributed by atoms with Gasteiger partial charge in [-0.15, -0.1) is 0 Å². The van der Waals surface area contributed by atoms with Gasteiger partial charge in [-0.05, 0) is 43.2 Å². The molecule has 0 fully saturated rings. The number of nitrogens with two attached hydrogens (primary N) is 1. The van der Waals surface area contributed by atoms with Crippen LogP contribution in [0.2, 0.25) is 0 Å². The van der Waals surface area contributed by atoms with Gasteiger partial charge in [0.15, 0.2) is 0 Å². The highest BCUT2D eigenvalue weighted by atomic mass is 32.2. The molecule has 0 saturated heterocycles. The van der Waals surface area contributed by atoms with Crippen LogP contribution in [-0.2, 0) is 0 Å². The fourth-order valence-corrected chi connectivity index (χ4v) is 2.46. The Morgan fingerprint density at radius 2 is 2.00 bits per heavy atom. The van der Waals surface area contributed by atoms with Crippen LogP contribution in [0.15, 0.2) is 52.5 Å². The van der Waals surface area contributed by atoms with Gasteiger partial charge in [0, 0.05) is 17.1 Å². The molecule has 0 radical (unpaired) electrons. The van der Waals surface area contributed by atoms with Crippen LogP contribution in [0.5, 0.6) is 0 Å². The van der Waals surface area contributed by atoms with Gasteiger partial charge in [0.1, 0.15) is 5.03 Å². The van der Waals surface area contributed by atoms with Crippen LogP contribution in [0.4, 0.5) is 0 Å². The summed E-state index contributed by atoms with van der Waals surface area (Å²) < 4.78 is 0. The van der Waals surface area contributed by atoms with Crippen molar-refractivity contribution in [1.29, 1.82) is 0 Å². The van der Waals surface area contributed by atoms with Crippen molar-refractivity contribution in [3.8, 4) is 0 Å². The van der Waals surface area contributed by atoms with E-state index in [0.29, 0.717) is 0 Å². The third-order valence-electron chi connectivity index (χ3n) is 2.59. The first-order valence-electron chi connectivity index (χ1n) is 5.62. The van der Waals surface area contributed by atoms with Gasteiger partial charge < -0.3 is 5.73 Å². The molecule has 1 atom stereocenters. The lowest BCUT2D eigenvalue weighted by Gasteiger charge is -2.08. The molecular weight excluding hydrogens is 228 g/mol. The lowest BCUT2D eigenvalue weighted by atomic mass is 10.1. The highest BCUT2D eigenvalue weighted by Crippen LogP contribution is 2.29. The van der Waals surface area contributed by atoms with Crippen molar-refractivity contribution < 1.29 is 0 Å². The zero-order chi connectivity index (χ0) is 12.3. The van der Waals surface area contributed by atoms with Gasteiger partial charge in [0.2, 0.25) is 0 Å². The Balaban J connectivity index is 2.25. The van der Waals surface area contributed by atoms with Crippen molar-refractivity contribution >= 4 is 11.8 Å². The van der Waals surface area contributed by atoms with E-state index in [0.717, 1.165) is 10.6 Å². The van der Waals surface area contributed by atoms with Crippen LogP contribution in [0.25, 0.3) is 0 Å². The fourth-order valence-electron chi connectivity index (χ4n) is 1.55. The first kappa shape index (κ1) is 12.1. The Morgan fingerprint density at radius 1 is 1.24 bits per heavy atom. The highest BCUT2D eigenvalue weighted by Gasteiger charge is 2.04. The second kappa shape index (κ2) is 5.34. The van der Waals surface area contributed by atoms with E-state index in [4.69, 9.17) is 5.73 Å². The van der Waals surface area contributed by atoms with Gasteiger partial charge in [-0.1, -0.05) is 30.0 Å². The molecule has 0 spiro atoms. The molecule has 1 aromatic carbocycles. The molecule has 1 aromatic heterocycles. The zero-order valence-electron chi connectivity index (χ0n) is 10.1. The van der Waals surface area contributed by atoms with Crippen molar-refractivity contribution in [1.82, 2.24) is 4.98 Å². The van der Waals surface area contributed by atoms with Crippen molar-refractivity contribution in [3.63, 3.8) is 0 Å². The number of aromatic nitrogens is 1. The van der Waals surface area contributed by atoms with Crippen LogP contribution in [-0.4, -0.2) is 4.98 Å². The topological polar surface area (TPSA) is 38.9 Å². The molecule has 3 heteroatoms. The normalized spacial score (nSPS) is 12.4. The van der Waals surface area contributed by atoms with Crippen molar-refractivity contribution in [2.24, 2.45) is 5.73 Å². The summed E-state index contributed by atoms with van der Waals surface area (Å²) in [4.78, 5) is 5.60. The van der Waals surface area contributed by atoms with E-state index in [1.54, 1.807) is 11.8 Å². The van der Waals surface area contributed by atoms with E-state index in [1.807, 2.05) is 31.3 Å². The molecule has 0 aliphatic rings. The first-order chi connectivity index (χ1) is 8.16. The van der Waals surface area contributed by atoms with Gasteiger partial charge in [-0.3, -0.25) is 0 Å². The predicted octanol–water partition coefficient (Wildman–Crippen LogP) is 3.56. The van der Waals surface area contributed by atoms with Crippen LogP contribution >= 0.6 is 11.8 Å². The molecule has 0 aliphatic heterocycles. The Labute approximate surface area is 106 Å². The summed E-state index contributed by atoms with van der Waals surface area (Å²) in [5, 5.41) is 0.995. The molecule has 17 heavy (non-hydrogen) atoms. The average molecular weight is 244 g/mol. The number of pyridine rings is 1. The number of benzene rings is 1. The Hall–Kier alpha value is -1.32. The summed E-state index contributed by atoms with van der Waals surface area (Å²) in [7, 11) is 0. The molecule has 2 N–H and O–H groups in total. The van der Waals surface area contributed by atoms with Crippen LogP contribution in [0.1, 0.15) is 24.1 Å². The zero-order valence-corrected chi connectivity index (χ0v) is 10.9. The quantitative estimate of drug-likeness (QED) is 0.897. The summed E-state index contributed by atoms with van der Waals surface area (Å²) in [6.45, 7) is 4.09. The van der Waals surface area contributed by atoms with Crippen LogP contribution in [0.3, 0.4) is 0 Å². The summed E-state index contributed by atoms with van der Waals surface area (Å²) in [5.74, 6) is 0. The summed E-state index contributed by atoms with van der Waals surface area (Å²) in [6, 6.07) is 12.4. The van der Waals surface area contributed by atoms with Gasteiger partial charge in [-0.25, -0.2) is 4.98 Å². The Kier molecular flexibility index (Phi) is 3.82. The maximum Gasteiger partial charge on any atom is 0.101 e. The van der Waals surface area contributed by atoms with E-state index in [9.17, 15) is 0 Å². The van der Waals surface area contributed by atoms with Gasteiger partial charge in [0.25, 0.3) is 0 Å². The standard InChI is InChI=1S/C14H16N2S/c1-10-5-3-4-6-13(10)17-14-9-12(11(2)15)7-8-16-14/h3-9,11H,15H2,1-2H3/t11-/m1/s1. The SMILES string of the molecule is Cc1ccccc1Sc1cc([C@@H](C)N)ccn1. The highest BCUT2D eigenvalue weighted by molar-refractivity contribution is 7.99. The Bertz CT molecular complexity index is 509. The number of rotatable bonds is 3. The summed E-state index contributed by atoms with van der Waals surface area (Å²) in [6.07, 6.45) is 1.82. The molecule has 2 aromatic rings. The maximum atomic E-state index is 5.87. The second-order valence-electron chi connectivity index (χ2n) is 4.08. The lowest BCUT2D eigenvalue weighted by Crippen LogP contribution is -2.04. The molecule has 0 unspecified atom stereocenters. The van der Waals surface area contributed by atoms with Gasteiger partial charge >= 0.3 is 0 Å². The molecule has 0 amide bonds. The number of aryl methyl sites for hydroxylation is 1. The minimum Gasteiger partial charge on any atom is -0.324 e. The van der Waals surface area contributed by atoms with Crippen LogP contribution < -0.4 is 5.73 Å². The maximum absolute atomic E-state index is 5.87. The Morgan fingerprint density at radius 3 is 2.71 bits per heavy atom.